The molecule has 150 valence electrons. The molecule has 1 amide bonds. The SMILES string of the molecule is O=C(c1ccco1)N1CCC(N(CCc2ccccc2)Cc2ccccc2)CC1. The van der Waals surface area contributed by atoms with Gasteiger partial charge in [-0.05, 0) is 42.5 Å². The Morgan fingerprint density at radius 1 is 0.897 bits per heavy atom. The van der Waals surface area contributed by atoms with Gasteiger partial charge in [0.25, 0.3) is 5.91 Å². The second kappa shape index (κ2) is 9.57. The zero-order valence-electron chi connectivity index (χ0n) is 16.7. The third kappa shape index (κ3) is 5.15. The maximum Gasteiger partial charge on any atom is 0.289 e. The molecule has 4 rings (SSSR count). The third-order valence-electron chi connectivity index (χ3n) is 5.76. The van der Waals surface area contributed by atoms with Crippen molar-refractivity contribution in [2.75, 3.05) is 19.6 Å². The second-order valence-electron chi connectivity index (χ2n) is 7.69. The highest BCUT2D eigenvalue weighted by Gasteiger charge is 2.28. The monoisotopic (exact) mass is 388 g/mol. The van der Waals surface area contributed by atoms with Gasteiger partial charge in [-0.1, -0.05) is 60.7 Å². The van der Waals surface area contributed by atoms with Gasteiger partial charge in [-0.15, -0.1) is 0 Å². The Kier molecular flexibility index (Phi) is 6.42. The first-order valence-corrected chi connectivity index (χ1v) is 10.4. The van der Waals surface area contributed by atoms with Crippen molar-refractivity contribution >= 4 is 5.91 Å². The van der Waals surface area contributed by atoms with Crippen molar-refractivity contribution in [2.24, 2.45) is 0 Å². The van der Waals surface area contributed by atoms with Crippen molar-refractivity contribution in [3.8, 4) is 0 Å². The zero-order chi connectivity index (χ0) is 19.9. The van der Waals surface area contributed by atoms with Crippen molar-refractivity contribution in [2.45, 2.75) is 31.8 Å². The van der Waals surface area contributed by atoms with Crippen molar-refractivity contribution in [1.82, 2.24) is 9.80 Å². The summed E-state index contributed by atoms with van der Waals surface area (Å²) in [6, 6.07) is 25.4. The Bertz CT molecular complexity index is 870. The molecule has 0 atom stereocenters. The smallest absolute Gasteiger partial charge is 0.289 e. The van der Waals surface area contributed by atoms with E-state index in [1.165, 1.54) is 11.1 Å². The normalized spacial score (nSPS) is 15.0. The molecule has 0 radical (unpaired) electrons. The molecule has 1 aliphatic heterocycles. The maximum atomic E-state index is 12.6. The van der Waals surface area contributed by atoms with E-state index in [9.17, 15) is 4.79 Å². The summed E-state index contributed by atoms with van der Waals surface area (Å²) in [6.45, 7) is 3.53. The van der Waals surface area contributed by atoms with Gasteiger partial charge in [0.2, 0.25) is 0 Å². The topological polar surface area (TPSA) is 36.7 Å². The quantitative estimate of drug-likeness (QED) is 0.592. The third-order valence-corrected chi connectivity index (χ3v) is 5.76. The number of likely N-dealkylation sites (tertiary alicyclic amines) is 1. The molecule has 1 fully saturated rings. The molecule has 0 spiro atoms. The Labute approximate surface area is 172 Å². The lowest BCUT2D eigenvalue weighted by molar-refractivity contribution is 0.0580. The zero-order valence-corrected chi connectivity index (χ0v) is 16.7. The molecule has 0 N–H and O–H groups in total. The average molecular weight is 389 g/mol. The fourth-order valence-corrected chi connectivity index (χ4v) is 4.12. The minimum atomic E-state index is 0.00680. The van der Waals surface area contributed by atoms with E-state index in [2.05, 4.69) is 65.6 Å². The molecule has 0 saturated carbocycles. The maximum absolute atomic E-state index is 12.6. The van der Waals surface area contributed by atoms with Crippen LogP contribution in [0.25, 0.3) is 0 Å². The molecule has 1 saturated heterocycles. The Hall–Kier alpha value is -2.85. The molecule has 4 heteroatoms. The van der Waals surface area contributed by atoms with Crippen molar-refractivity contribution in [3.05, 3.63) is 95.9 Å². The van der Waals surface area contributed by atoms with E-state index in [1.54, 1.807) is 18.4 Å². The van der Waals surface area contributed by atoms with Crippen LogP contribution in [0, 0.1) is 0 Å². The Morgan fingerprint density at radius 2 is 1.55 bits per heavy atom. The van der Waals surface area contributed by atoms with Crippen molar-refractivity contribution in [1.29, 1.82) is 0 Å². The summed E-state index contributed by atoms with van der Waals surface area (Å²) < 4.78 is 5.29. The summed E-state index contributed by atoms with van der Waals surface area (Å²) >= 11 is 0. The van der Waals surface area contributed by atoms with Crippen molar-refractivity contribution in [3.63, 3.8) is 0 Å². The fourth-order valence-electron chi connectivity index (χ4n) is 4.12. The number of carbonyl (C=O) groups excluding carboxylic acids is 1. The van der Waals surface area contributed by atoms with E-state index in [1.807, 2.05) is 4.90 Å². The number of piperidine rings is 1. The van der Waals surface area contributed by atoms with Gasteiger partial charge in [0.1, 0.15) is 0 Å². The van der Waals surface area contributed by atoms with Gasteiger partial charge in [-0.25, -0.2) is 0 Å². The van der Waals surface area contributed by atoms with E-state index in [0.717, 1.165) is 45.4 Å². The number of nitrogens with zero attached hydrogens (tertiary/aromatic N) is 2. The number of amides is 1. The van der Waals surface area contributed by atoms with Crippen LogP contribution in [0.4, 0.5) is 0 Å². The number of hydrogen-bond donors (Lipinski definition) is 0. The summed E-state index contributed by atoms with van der Waals surface area (Å²) in [5.41, 5.74) is 2.71. The first kappa shape index (κ1) is 19.5. The summed E-state index contributed by atoms with van der Waals surface area (Å²) in [7, 11) is 0. The number of furan rings is 1. The van der Waals surface area contributed by atoms with Crippen LogP contribution in [0.15, 0.2) is 83.5 Å². The van der Waals surface area contributed by atoms with Crippen molar-refractivity contribution < 1.29 is 9.21 Å². The minimum absolute atomic E-state index is 0.00680. The van der Waals surface area contributed by atoms with Crippen LogP contribution < -0.4 is 0 Å². The van der Waals surface area contributed by atoms with Crippen LogP contribution in [0.3, 0.4) is 0 Å². The molecular weight excluding hydrogens is 360 g/mol. The number of hydrogen-bond acceptors (Lipinski definition) is 3. The van der Waals surface area contributed by atoms with E-state index in [0.29, 0.717) is 11.8 Å². The Morgan fingerprint density at radius 3 is 2.17 bits per heavy atom. The highest BCUT2D eigenvalue weighted by molar-refractivity contribution is 5.91. The standard InChI is InChI=1S/C25H28N2O2/c28-25(24-12-7-19-29-24)26-17-14-23(15-18-26)27(20-22-10-5-2-6-11-22)16-13-21-8-3-1-4-9-21/h1-12,19,23H,13-18,20H2. The largest absolute Gasteiger partial charge is 0.459 e. The average Bonchev–Trinajstić information content (AvgIpc) is 3.33. The molecule has 1 aliphatic rings. The predicted molar refractivity (Wildman–Crippen MR) is 115 cm³/mol. The molecule has 3 aromatic rings. The molecule has 2 aromatic carbocycles. The molecule has 1 aromatic heterocycles. The summed E-state index contributed by atoms with van der Waals surface area (Å²) in [6.07, 6.45) is 4.59. The van der Waals surface area contributed by atoms with Gasteiger partial charge < -0.3 is 9.32 Å². The first-order valence-electron chi connectivity index (χ1n) is 10.4. The molecular formula is C25H28N2O2. The molecule has 29 heavy (non-hydrogen) atoms. The predicted octanol–water partition coefficient (Wildman–Crippen LogP) is 4.63. The Balaban J connectivity index is 1.40. The lowest BCUT2D eigenvalue weighted by Gasteiger charge is -2.38. The van der Waals surface area contributed by atoms with Gasteiger partial charge in [0.05, 0.1) is 6.26 Å². The highest BCUT2D eigenvalue weighted by atomic mass is 16.3. The van der Waals surface area contributed by atoms with Crippen LogP contribution in [0.1, 0.15) is 34.5 Å². The van der Waals surface area contributed by atoms with Gasteiger partial charge >= 0.3 is 0 Å². The van der Waals surface area contributed by atoms with E-state index in [4.69, 9.17) is 4.42 Å². The molecule has 0 unspecified atom stereocenters. The summed E-state index contributed by atoms with van der Waals surface area (Å²) in [4.78, 5) is 17.1. The molecule has 0 aliphatic carbocycles. The lowest BCUT2D eigenvalue weighted by atomic mass is 10.0. The van der Waals surface area contributed by atoms with Gasteiger partial charge in [0, 0.05) is 32.2 Å². The van der Waals surface area contributed by atoms with Crippen LogP contribution in [0.5, 0.6) is 0 Å². The van der Waals surface area contributed by atoms with E-state index >= 15 is 0 Å². The number of rotatable bonds is 7. The first-order chi connectivity index (χ1) is 14.3. The molecule has 0 bridgehead atoms. The van der Waals surface area contributed by atoms with Crippen LogP contribution in [0.2, 0.25) is 0 Å². The fraction of sp³-hybridized carbons (Fsp3) is 0.320. The summed E-state index contributed by atoms with van der Waals surface area (Å²) in [5, 5.41) is 0. The highest BCUT2D eigenvalue weighted by Crippen LogP contribution is 2.21. The van der Waals surface area contributed by atoms with Gasteiger partial charge in [-0.3, -0.25) is 9.69 Å². The van der Waals surface area contributed by atoms with Crippen LogP contribution in [-0.4, -0.2) is 41.4 Å². The molecule has 2 heterocycles. The van der Waals surface area contributed by atoms with Crippen LogP contribution >= 0.6 is 0 Å². The minimum Gasteiger partial charge on any atom is -0.459 e. The van der Waals surface area contributed by atoms with Gasteiger partial charge in [-0.2, -0.15) is 0 Å². The second-order valence-corrected chi connectivity index (χ2v) is 7.69. The van der Waals surface area contributed by atoms with E-state index < -0.39 is 0 Å². The van der Waals surface area contributed by atoms with Crippen LogP contribution in [-0.2, 0) is 13.0 Å². The van der Waals surface area contributed by atoms with E-state index in [-0.39, 0.29) is 5.91 Å². The number of benzene rings is 2. The molecule has 4 nitrogen and oxygen atoms in total. The number of carbonyl (C=O) groups is 1. The van der Waals surface area contributed by atoms with Gasteiger partial charge in [0.15, 0.2) is 5.76 Å². The summed E-state index contributed by atoms with van der Waals surface area (Å²) in [5.74, 6) is 0.445. The lowest BCUT2D eigenvalue weighted by Crippen LogP contribution is -2.47.